The second-order valence-electron chi connectivity index (χ2n) is 11.1. The summed E-state index contributed by atoms with van der Waals surface area (Å²) in [5.41, 5.74) is 10.8. The highest BCUT2D eigenvalue weighted by atomic mass is 79.9. The second-order valence-corrected chi connectivity index (χ2v) is 14.9. The van der Waals surface area contributed by atoms with Crippen molar-refractivity contribution >= 4 is 88.9 Å². The number of para-hydroxylation sites is 1. The van der Waals surface area contributed by atoms with E-state index in [1.807, 2.05) is 78.5 Å². The van der Waals surface area contributed by atoms with Gasteiger partial charge in [-0.05, 0) is 85.6 Å². The van der Waals surface area contributed by atoms with Crippen LogP contribution in [0.3, 0.4) is 0 Å². The average molecular weight is 822 g/mol. The van der Waals surface area contributed by atoms with Crippen molar-refractivity contribution in [1.29, 1.82) is 0 Å². The Hall–Kier alpha value is -3.78. The first-order chi connectivity index (χ1) is 23.8. The van der Waals surface area contributed by atoms with Crippen molar-refractivity contribution in [2.45, 2.75) is 25.9 Å². The molecule has 13 heteroatoms. The largest absolute Gasteiger partial charge is 0.355 e. The molecule has 2 aliphatic heterocycles. The molecule has 9 nitrogen and oxygen atoms in total. The van der Waals surface area contributed by atoms with E-state index in [-0.39, 0.29) is 23.9 Å². The molecule has 4 aromatic rings. The number of thioether (sulfide) groups is 2. The third-order valence-corrected chi connectivity index (χ3v) is 11.1. The van der Waals surface area contributed by atoms with Crippen LogP contribution in [0.4, 0.5) is 11.4 Å². The summed E-state index contributed by atoms with van der Waals surface area (Å²) in [6.45, 7) is 5.21. The fourth-order valence-corrected chi connectivity index (χ4v) is 8.37. The highest BCUT2D eigenvalue weighted by Gasteiger charge is 2.34. The minimum absolute atomic E-state index is 0.0374. The molecule has 2 saturated heterocycles. The molecule has 0 aromatic heterocycles. The van der Waals surface area contributed by atoms with Gasteiger partial charge in [-0.2, -0.15) is 0 Å². The van der Waals surface area contributed by atoms with E-state index in [9.17, 15) is 9.59 Å². The fraction of sp³-hybridized carbons (Fsp3) is 0.222. The van der Waals surface area contributed by atoms with Gasteiger partial charge >= 0.3 is 0 Å². The van der Waals surface area contributed by atoms with Crippen molar-refractivity contribution in [2.75, 3.05) is 29.9 Å². The number of amides is 2. The van der Waals surface area contributed by atoms with Gasteiger partial charge in [-0.15, -0.1) is 0 Å². The molecule has 2 aliphatic rings. The maximum atomic E-state index is 13.8. The number of benzene rings is 4. The van der Waals surface area contributed by atoms with Crippen molar-refractivity contribution in [3.8, 4) is 0 Å². The molecule has 2 amide bonds. The molecule has 6 rings (SSSR count). The Morgan fingerprint density at radius 3 is 1.69 bits per heavy atom. The second kappa shape index (κ2) is 16.3. The number of hydrogen-bond donors (Lipinski definition) is 3. The highest BCUT2D eigenvalue weighted by molar-refractivity contribution is 9.10. The molecule has 2 fully saturated rings. The third-order valence-electron chi connectivity index (χ3n) is 7.91. The molecule has 4 aromatic carbocycles. The number of hydrogen-bond acceptors (Lipinski definition) is 7. The Labute approximate surface area is 311 Å². The van der Waals surface area contributed by atoms with Gasteiger partial charge in [-0.3, -0.25) is 40.4 Å². The van der Waals surface area contributed by atoms with Gasteiger partial charge in [0.1, 0.15) is 0 Å². The summed E-state index contributed by atoms with van der Waals surface area (Å²) in [7, 11) is 0. The Balaban J connectivity index is 1.15. The molecule has 3 N–H and O–H groups in total. The quantitative estimate of drug-likeness (QED) is 0.147. The molecule has 0 spiro atoms. The molecule has 2 heterocycles. The minimum atomic E-state index is -0.249. The van der Waals surface area contributed by atoms with Gasteiger partial charge in [-0.25, -0.2) is 0 Å². The number of anilines is 2. The van der Waals surface area contributed by atoms with E-state index in [0.29, 0.717) is 29.9 Å². The van der Waals surface area contributed by atoms with E-state index < -0.39 is 0 Å². The van der Waals surface area contributed by atoms with E-state index in [1.54, 1.807) is 41.7 Å². The first-order valence-electron chi connectivity index (χ1n) is 15.9. The fourth-order valence-electron chi connectivity index (χ4n) is 5.48. The van der Waals surface area contributed by atoms with Crippen LogP contribution < -0.4 is 16.2 Å². The van der Waals surface area contributed by atoms with Crippen molar-refractivity contribution in [2.24, 2.45) is 9.98 Å². The first kappa shape index (κ1) is 35.1. The van der Waals surface area contributed by atoms with Crippen LogP contribution >= 0.6 is 55.4 Å². The molecule has 0 bridgehead atoms. The molecule has 0 radical (unpaired) electrons. The lowest BCUT2D eigenvalue weighted by Crippen LogP contribution is -2.44. The Morgan fingerprint density at radius 1 is 0.694 bits per heavy atom. The van der Waals surface area contributed by atoms with E-state index in [2.05, 4.69) is 82.3 Å². The normalized spacial score (nSPS) is 19.0. The number of carbonyl (C=O) groups is 2. The summed E-state index contributed by atoms with van der Waals surface area (Å²) in [5, 5.41) is 8.70. The lowest BCUT2D eigenvalue weighted by molar-refractivity contribution is 0.0842. The van der Waals surface area contributed by atoms with Crippen molar-refractivity contribution < 1.29 is 9.59 Å². The Morgan fingerprint density at radius 2 is 1.18 bits per heavy atom. The SMILES string of the molecule is CCN=C1SCC(c2ccc(Br)cc2)N1NC(=O)c1ccc(Nc2ccccc2C(=O)NN2C(=NCC)SCC2c2ccc(Br)cc2)cc1. The van der Waals surface area contributed by atoms with E-state index in [4.69, 9.17) is 0 Å². The third kappa shape index (κ3) is 8.34. The monoisotopic (exact) mass is 819 g/mol. The predicted molar refractivity (Wildman–Crippen MR) is 209 cm³/mol. The number of rotatable bonds is 10. The number of nitrogens with zero attached hydrogens (tertiary/aromatic N) is 4. The van der Waals surface area contributed by atoms with Crippen molar-refractivity contribution in [3.63, 3.8) is 0 Å². The summed E-state index contributed by atoms with van der Waals surface area (Å²) in [6, 6.07) is 30.8. The molecule has 2 atom stereocenters. The van der Waals surface area contributed by atoms with Crippen LogP contribution in [0.1, 0.15) is 57.8 Å². The standard InChI is InChI=1S/C36H35Br2N7O2S2/c1-3-39-35-44(31(21-48-35)23-9-15-26(37)16-10-23)42-33(46)25-13-19-28(20-14-25)41-30-8-6-5-7-29(30)34(47)43-45-32(22-49-36(45)40-4-2)24-11-17-27(38)18-12-24/h5-20,31-32,41H,3-4,21-22H2,1-2H3,(H,42,46)(H,43,47). The average Bonchev–Trinajstić information content (AvgIpc) is 3.69. The number of aliphatic imine (C=N–C) groups is 2. The molecular weight excluding hydrogens is 786 g/mol. The maximum absolute atomic E-state index is 13.8. The van der Waals surface area contributed by atoms with Crippen LogP contribution in [0.5, 0.6) is 0 Å². The minimum Gasteiger partial charge on any atom is -0.355 e. The number of nitrogens with one attached hydrogen (secondary N) is 3. The maximum Gasteiger partial charge on any atom is 0.271 e. The predicted octanol–water partition coefficient (Wildman–Crippen LogP) is 8.58. The van der Waals surface area contributed by atoms with Gasteiger partial charge in [-0.1, -0.05) is 91.8 Å². The molecule has 0 aliphatic carbocycles. The lowest BCUT2D eigenvalue weighted by Gasteiger charge is -2.27. The zero-order chi connectivity index (χ0) is 34.3. The van der Waals surface area contributed by atoms with E-state index >= 15 is 0 Å². The highest BCUT2D eigenvalue weighted by Crippen LogP contribution is 2.36. The van der Waals surface area contributed by atoms with Gasteiger partial charge in [0.2, 0.25) is 0 Å². The van der Waals surface area contributed by atoms with Crippen LogP contribution in [-0.2, 0) is 0 Å². The zero-order valence-corrected chi connectivity index (χ0v) is 31.7. The Bertz CT molecular complexity index is 1850. The summed E-state index contributed by atoms with van der Waals surface area (Å²) in [5.74, 6) is 1.08. The topological polar surface area (TPSA) is 101 Å². The Kier molecular flexibility index (Phi) is 11.7. The number of amidine groups is 2. The zero-order valence-electron chi connectivity index (χ0n) is 26.9. The molecule has 252 valence electrons. The van der Waals surface area contributed by atoms with E-state index in [0.717, 1.165) is 47.6 Å². The van der Waals surface area contributed by atoms with Gasteiger partial charge in [0.05, 0.1) is 23.3 Å². The van der Waals surface area contributed by atoms with Gasteiger partial charge in [0, 0.05) is 44.8 Å². The smallest absolute Gasteiger partial charge is 0.271 e. The van der Waals surface area contributed by atoms with Gasteiger partial charge < -0.3 is 5.32 Å². The lowest BCUT2D eigenvalue weighted by atomic mass is 10.1. The number of hydrazine groups is 2. The summed E-state index contributed by atoms with van der Waals surface area (Å²) in [4.78, 5) is 36.5. The van der Waals surface area contributed by atoms with Crippen molar-refractivity contribution in [1.82, 2.24) is 20.9 Å². The van der Waals surface area contributed by atoms with Crippen LogP contribution in [0.2, 0.25) is 0 Å². The van der Waals surface area contributed by atoms with Crippen LogP contribution in [0.15, 0.2) is 116 Å². The number of carbonyl (C=O) groups excluding carboxylic acids is 2. The van der Waals surface area contributed by atoms with Gasteiger partial charge in [0.15, 0.2) is 10.3 Å². The van der Waals surface area contributed by atoms with Crippen LogP contribution in [0, 0.1) is 0 Å². The van der Waals surface area contributed by atoms with E-state index in [1.165, 1.54) is 0 Å². The number of halogens is 2. The van der Waals surface area contributed by atoms with Gasteiger partial charge in [0.25, 0.3) is 11.8 Å². The molecule has 0 saturated carbocycles. The molecule has 49 heavy (non-hydrogen) atoms. The van der Waals surface area contributed by atoms with Crippen LogP contribution in [0.25, 0.3) is 0 Å². The van der Waals surface area contributed by atoms with Crippen LogP contribution in [-0.4, -0.2) is 56.8 Å². The summed E-state index contributed by atoms with van der Waals surface area (Å²) >= 11 is 10.3. The summed E-state index contributed by atoms with van der Waals surface area (Å²) in [6.07, 6.45) is 0. The first-order valence-corrected chi connectivity index (χ1v) is 19.4. The summed E-state index contributed by atoms with van der Waals surface area (Å²) < 4.78 is 2.00. The van der Waals surface area contributed by atoms with Crippen molar-refractivity contribution in [3.05, 3.63) is 128 Å². The molecule has 2 unspecified atom stereocenters. The molecular formula is C36H35Br2N7O2S2.